The lowest BCUT2D eigenvalue weighted by molar-refractivity contribution is 0.0902. The van der Waals surface area contributed by atoms with E-state index in [4.69, 9.17) is 5.73 Å². The number of aryl methyl sites for hydroxylation is 1. The van der Waals surface area contributed by atoms with Crippen molar-refractivity contribution < 1.29 is 4.79 Å². The van der Waals surface area contributed by atoms with Crippen molar-refractivity contribution in [2.45, 2.75) is 33.2 Å². The average molecular weight is 209 g/mol. The number of carbonyl (C=O) groups excluding carboxylic acids is 1. The van der Waals surface area contributed by atoms with E-state index in [0.29, 0.717) is 12.4 Å². The van der Waals surface area contributed by atoms with Gasteiger partial charge in [0.2, 0.25) is 5.78 Å². The molecule has 0 radical (unpaired) electrons. The van der Waals surface area contributed by atoms with E-state index in [1.165, 1.54) is 0 Å². The Bertz CT molecular complexity index is 319. The average Bonchev–Trinajstić information content (AvgIpc) is 2.72. The molecule has 0 amide bonds. The summed E-state index contributed by atoms with van der Waals surface area (Å²) in [6, 6.07) is 0. The third kappa shape index (κ3) is 2.65. The number of hydrogen-bond donors (Lipinski definition) is 1. The summed E-state index contributed by atoms with van der Waals surface area (Å²) in [6.07, 6.45) is 5.30. The Morgan fingerprint density at radius 1 is 1.60 bits per heavy atom. The molecule has 4 nitrogen and oxygen atoms in total. The molecule has 1 aromatic heterocycles. The van der Waals surface area contributed by atoms with Gasteiger partial charge in [0.15, 0.2) is 5.82 Å². The molecule has 4 heteroatoms. The van der Waals surface area contributed by atoms with Gasteiger partial charge in [-0.3, -0.25) is 4.79 Å². The van der Waals surface area contributed by atoms with Crippen LogP contribution in [0.3, 0.4) is 0 Å². The Hall–Kier alpha value is -1.16. The van der Waals surface area contributed by atoms with Gasteiger partial charge in [0.1, 0.15) is 0 Å². The second kappa shape index (κ2) is 5.66. The Labute approximate surface area is 90.5 Å². The Morgan fingerprint density at radius 3 is 2.87 bits per heavy atom. The second-order valence-electron chi connectivity index (χ2n) is 3.62. The van der Waals surface area contributed by atoms with Gasteiger partial charge >= 0.3 is 0 Å². The van der Waals surface area contributed by atoms with E-state index in [1.807, 2.05) is 17.7 Å². The van der Waals surface area contributed by atoms with Crippen LogP contribution in [0.4, 0.5) is 0 Å². The van der Waals surface area contributed by atoms with Crippen molar-refractivity contribution in [2.75, 3.05) is 6.54 Å². The number of imidazole rings is 1. The summed E-state index contributed by atoms with van der Waals surface area (Å²) >= 11 is 0. The number of nitrogens with zero attached hydrogens (tertiary/aromatic N) is 2. The molecule has 0 aliphatic heterocycles. The fraction of sp³-hybridized carbons (Fsp3) is 0.636. The largest absolute Gasteiger partial charge is 0.330 e. The summed E-state index contributed by atoms with van der Waals surface area (Å²) in [5.74, 6) is 0.537. The van der Waals surface area contributed by atoms with Gasteiger partial charge in [-0.1, -0.05) is 13.3 Å². The van der Waals surface area contributed by atoms with E-state index in [9.17, 15) is 4.79 Å². The van der Waals surface area contributed by atoms with Crippen LogP contribution in [-0.2, 0) is 6.54 Å². The SMILES string of the molecule is CCCC(CN)C(=O)c1nccn1CC. The van der Waals surface area contributed by atoms with Crippen molar-refractivity contribution in [3.8, 4) is 0 Å². The van der Waals surface area contributed by atoms with Gasteiger partial charge in [0.05, 0.1) is 0 Å². The van der Waals surface area contributed by atoms with Crippen molar-refractivity contribution in [1.82, 2.24) is 9.55 Å². The van der Waals surface area contributed by atoms with Crippen LogP contribution in [0.25, 0.3) is 0 Å². The number of ketones is 1. The fourth-order valence-electron chi connectivity index (χ4n) is 1.68. The van der Waals surface area contributed by atoms with Crippen molar-refractivity contribution in [2.24, 2.45) is 11.7 Å². The van der Waals surface area contributed by atoms with Gasteiger partial charge in [0, 0.05) is 31.4 Å². The maximum absolute atomic E-state index is 12.0. The lowest BCUT2D eigenvalue weighted by atomic mass is 9.98. The van der Waals surface area contributed by atoms with Crippen LogP contribution >= 0.6 is 0 Å². The summed E-state index contributed by atoms with van der Waals surface area (Å²) < 4.78 is 1.86. The molecule has 0 fully saturated rings. The molecule has 0 aliphatic carbocycles. The van der Waals surface area contributed by atoms with Gasteiger partial charge in [-0.15, -0.1) is 0 Å². The van der Waals surface area contributed by atoms with Gasteiger partial charge in [-0.2, -0.15) is 0 Å². The van der Waals surface area contributed by atoms with Gasteiger partial charge in [-0.05, 0) is 13.3 Å². The highest BCUT2D eigenvalue weighted by Gasteiger charge is 2.21. The Balaban J connectivity index is 2.82. The Morgan fingerprint density at radius 2 is 2.33 bits per heavy atom. The zero-order chi connectivity index (χ0) is 11.3. The smallest absolute Gasteiger partial charge is 0.202 e. The highest BCUT2D eigenvalue weighted by atomic mass is 16.1. The van der Waals surface area contributed by atoms with Crippen LogP contribution in [0.1, 0.15) is 37.3 Å². The van der Waals surface area contributed by atoms with Crippen molar-refractivity contribution in [3.63, 3.8) is 0 Å². The molecule has 0 spiro atoms. The summed E-state index contributed by atoms with van der Waals surface area (Å²) in [5.41, 5.74) is 5.60. The normalized spacial score (nSPS) is 12.7. The molecule has 0 saturated carbocycles. The van der Waals surface area contributed by atoms with Crippen LogP contribution < -0.4 is 5.73 Å². The van der Waals surface area contributed by atoms with Gasteiger partial charge < -0.3 is 10.3 Å². The van der Waals surface area contributed by atoms with Crippen LogP contribution in [0.2, 0.25) is 0 Å². The Kier molecular flexibility index (Phi) is 4.49. The molecule has 1 rings (SSSR count). The zero-order valence-corrected chi connectivity index (χ0v) is 9.44. The van der Waals surface area contributed by atoms with Gasteiger partial charge in [0.25, 0.3) is 0 Å². The van der Waals surface area contributed by atoms with Crippen LogP contribution in [0.5, 0.6) is 0 Å². The van der Waals surface area contributed by atoms with Crippen LogP contribution in [0.15, 0.2) is 12.4 Å². The minimum atomic E-state index is -0.0808. The van der Waals surface area contributed by atoms with E-state index < -0.39 is 0 Å². The van der Waals surface area contributed by atoms with Crippen LogP contribution in [0, 0.1) is 5.92 Å². The quantitative estimate of drug-likeness (QED) is 0.721. The predicted octanol–water partition coefficient (Wildman–Crippen LogP) is 1.46. The highest BCUT2D eigenvalue weighted by Crippen LogP contribution is 2.12. The standard InChI is InChI=1S/C11H19N3O/c1-3-5-9(8-12)10(15)11-13-6-7-14(11)4-2/h6-7,9H,3-5,8,12H2,1-2H3. The van der Waals surface area contributed by atoms with E-state index >= 15 is 0 Å². The molecule has 0 bridgehead atoms. The molecule has 1 atom stereocenters. The lowest BCUT2D eigenvalue weighted by Crippen LogP contribution is -2.26. The van der Waals surface area contributed by atoms with E-state index in [2.05, 4.69) is 11.9 Å². The molecule has 1 unspecified atom stereocenters. The predicted molar refractivity (Wildman–Crippen MR) is 59.7 cm³/mol. The first-order chi connectivity index (χ1) is 7.24. The van der Waals surface area contributed by atoms with Gasteiger partial charge in [-0.25, -0.2) is 4.98 Å². The number of aromatic nitrogens is 2. The number of Topliss-reactive ketones (excluding diaryl/α,β-unsaturated/α-hetero) is 1. The molecule has 2 N–H and O–H groups in total. The topological polar surface area (TPSA) is 60.9 Å². The third-order valence-electron chi connectivity index (χ3n) is 2.57. The first kappa shape index (κ1) is 11.9. The van der Waals surface area contributed by atoms with Crippen molar-refractivity contribution in [1.29, 1.82) is 0 Å². The number of rotatable bonds is 6. The number of nitrogens with two attached hydrogens (primary N) is 1. The summed E-state index contributed by atoms with van der Waals surface area (Å²) in [4.78, 5) is 16.1. The fourth-order valence-corrected chi connectivity index (χ4v) is 1.68. The number of hydrogen-bond acceptors (Lipinski definition) is 3. The molecule has 0 aromatic carbocycles. The first-order valence-electron chi connectivity index (χ1n) is 5.49. The van der Waals surface area contributed by atoms with Crippen LogP contribution in [-0.4, -0.2) is 21.9 Å². The van der Waals surface area contributed by atoms with E-state index in [0.717, 1.165) is 19.4 Å². The molecule has 1 heterocycles. The van der Waals surface area contributed by atoms with E-state index in [1.54, 1.807) is 6.20 Å². The highest BCUT2D eigenvalue weighted by molar-refractivity contribution is 5.94. The summed E-state index contributed by atoms with van der Waals surface area (Å²) in [7, 11) is 0. The minimum Gasteiger partial charge on any atom is -0.330 e. The molecular formula is C11H19N3O. The minimum absolute atomic E-state index is 0.0752. The second-order valence-corrected chi connectivity index (χ2v) is 3.62. The molecule has 0 saturated heterocycles. The molecule has 1 aromatic rings. The van der Waals surface area contributed by atoms with Crippen molar-refractivity contribution in [3.05, 3.63) is 18.2 Å². The zero-order valence-electron chi connectivity index (χ0n) is 9.44. The molecule has 15 heavy (non-hydrogen) atoms. The first-order valence-corrected chi connectivity index (χ1v) is 5.49. The maximum Gasteiger partial charge on any atom is 0.202 e. The monoisotopic (exact) mass is 209 g/mol. The number of carbonyl (C=O) groups is 1. The third-order valence-corrected chi connectivity index (χ3v) is 2.57. The van der Waals surface area contributed by atoms with E-state index in [-0.39, 0.29) is 11.7 Å². The molecular weight excluding hydrogens is 190 g/mol. The molecule has 84 valence electrons. The summed E-state index contributed by atoms with van der Waals surface area (Å²) in [5, 5.41) is 0. The summed E-state index contributed by atoms with van der Waals surface area (Å²) in [6.45, 7) is 5.23. The lowest BCUT2D eigenvalue weighted by Gasteiger charge is -2.12. The molecule has 0 aliphatic rings. The maximum atomic E-state index is 12.0. The van der Waals surface area contributed by atoms with Crippen molar-refractivity contribution >= 4 is 5.78 Å².